The van der Waals surface area contributed by atoms with Crippen LogP contribution in [0.4, 0.5) is 13.2 Å². The molecule has 5 nitrogen and oxygen atoms in total. The molecular weight excluding hydrogens is 385 g/mol. The van der Waals surface area contributed by atoms with Gasteiger partial charge < -0.3 is 9.88 Å². The van der Waals surface area contributed by atoms with Gasteiger partial charge in [0, 0.05) is 6.20 Å². The maximum absolute atomic E-state index is 12.9. The highest BCUT2D eigenvalue weighted by Crippen LogP contribution is 2.29. The summed E-state index contributed by atoms with van der Waals surface area (Å²) in [5.74, 6) is -1.09. The van der Waals surface area contributed by atoms with Crippen molar-refractivity contribution in [1.29, 1.82) is 0 Å². The Morgan fingerprint density at radius 2 is 1.85 bits per heavy atom. The van der Waals surface area contributed by atoms with E-state index in [0.29, 0.717) is 16.8 Å². The van der Waals surface area contributed by atoms with Crippen LogP contribution in [0.5, 0.6) is 0 Å². The molecule has 0 fully saturated rings. The molecule has 1 amide bonds. The van der Waals surface area contributed by atoms with Crippen molar-refractivity contribution < 1.29 is 22.8 Å². The lowest BCUT2D eigenvalue weighted by molar-refractivity contribution is -0.138. The highest BCUT2D eigenvalue weighted by Gasteiger charge is 2.32. The third kappa shape index (κ3) is 5.68. The van der Waals surface area contributed by atoms with E-state index >= 15 is 0 Å². The maximum atomic E-state index is 12.9. The smallest absolute Gasteiger partial charge is 0.344 e. The first-order valence-corrected chi connectivity index (χ1v) is 8.26. The first kappa shape index (κ1) is 20.7. The van der Waals surface area contributed by atoms with E-state index in [1.165, 1.54) is 6.92 Å². The Morgan fingerprint density at radius 3 is 2.41 bits per heavy atom. The van der Waals surface area contributed by atoms with Gasteiger partial charge in [-0.05, 0) is 25.0 Å². The molecule has 1 aromatic carbocycles. The molecule has 1 N–H and O–H groups in total. The van der Waals surface area contributed by atoms with Crippen LogP contribution in [0.25, 0.3) is 0 Å². The Balaban J connectivity index is 2.17. The third-order valence-electron chi connectivity index (χ3n) is 3.79. The number of rotatable bonds is 6. The van der Waals surface area contributed by atoms with E-state index in [9.17, 15) is 27.6 Å². The topological polar surface area (TPSA) is 68.2 Å². The van der Waals surface area contributed by atoms with Gasteiger partial charge in [0.05, 0.1) is 11.6 Å². The summed E-state index contributed by atoms with van der Waals surface area (Å²) in [6, 6.07) is 8.55. The van der Waals surface area contributed by atoms with Crippen LogP contribution < -0.4 is 10.9 Å². The minimum Gasteiger partial charge on any atom is -0.344 e. The van der Waals surface area contributed by atoms with Crippen LogP contribution >= 0.6 is 11.6 Å². The molecule has 0 spiro atoms. The van der Waals surface area contributed by atoms with Gasteiger partial charge in [-0.3, -0.25) is 14.4 Å². The van der Waals surface area contributed by atoms with Crippen LogP contribution in [0.1, 0.15) is 18.1 Å². The number of carbonyl (C=O) groups excluding carboxylic acids is 2. The van der Waals surface area contributed by atoms with Crippen molar-refractivity contribution in [2.75, 3.05) is 0 Å². The molecule has 27 heavy (non-hydrogen) atoms. The highest BCUT2D eigenvalue weighted by molar-refractivity contribution is 6.30. The lowest BCUT2D eigenvalue weighted by Crippen LogP contribution is -2.43. The SMILES string of the molecule is CC(=O)C(Cc1ccccc1)NC(=O)Cn1cc(C(F)(F)F)cc(Cl)c1=O. The highest BCUT2D eigenvalue weighted by atomic mass is 35.5. The fraction of sp³-hybridized carbons (Fsp3) is 0.278. The molecule has 0 aliphatic heterocycles. The summed E-state index contributed by atoms with van der Waals surface area (Å²) in [6.45, 7) is 0.599. The zero-order chi connectivity index (χ0) is 20.2. The number of nitrogens with zero attached hydrogens (tertiary/aromatic N) is 1. The van der Waals surface area contributed by atoms with Crippen LogP contribution in [-0.2, 0) is 28.7 Å². The first-order valence-electron chi connectivity index (χ1n) is 7.89. The minimum absolute atomic E-state index is 0.222. The lowest BCUT2D eigenvalue weighted by Gasteiger charge is -2.17. The van der Waals surface area contributed by atoms with Gasteiger partial charge in [-0.2, -0.15) is 13.2 Å². The largest absolute Gasteiger partial charge is 0.417 e. The van der Waals surface area contributed by atoms with Gasteiger partial charge in [-0.15, -0.1) is 0 Å². The fourth-order valence-corrected chi connectivity index (χ4v) is 2.64. The molecular formula is C18H16ClF3N2O3. The maximum Gasteiger partial charge on any atom is 0.417 e. The minimum atomic E-state index is -4.72. The lowest BCUT2D eigenvalue weighted by atomic mass is 10.0. The number of carbonyl (C=O) groups is 2. The number of nitrogens with one attached hydrogen (secondary N) is 1. The summed E-state index contributed by atoms with van der Waals surface area (Å²) in [5, 5.41) is 1.80. The summed E-state index contributed by atoms with van der Waals surface area (Å²) in [6.07, 6.45) is -3.97. The molecule has 0 aliphatic carbocycles. The quantitative estimate of drug-likeness (QED) is 0.810. The summed E-state index contributed by atoms with van der Waals surface area (Å²) >= 11 is 5.55. The van der Waals surface area contributed by atoms with Gasteiger partial charge in [0.25, 0.3) is 5.56 Å². The molecule has 0 aliphatic rings. The normalized spacial score (nSPS) is 12.5. The Bertz CT molecular complexity index is 895. The second-order valence-corrected chi connectivity index (χ2v) is 6.34. The van der Waals surface area contributed by atoms with Crippen molar-refractivity contribution in [3.8, 4) is 0 Å². The number of ketones is 1. The number of amides is 1. The fourth-order valence-electron chi connectivity index (χ4n) is 2.41. The average molecular weight is 401 g/mol. The van der Waals surface area contributed by atoms with Gasteiger partial charge >= 0.3 is 6.18 Å². The molecule has 1 aromatic heterocycles. The van der Waals surface area contributed by atoms with Gasteiger partial charge in [0.1, 0.15) is 11.6 Å². The van der Waals surface area contributed by atoms with Crippen molar-refractivity contribution in [1.82, 2.24) is 9.88 Å². The molecule has 1 atom stereocenters. The Morgan fingerprint density at radius 1 is 1.22 bits per heavy atom. The number of pyridine rings is 1. The molecule has 2 aromatic rings. The van der Waals surface area contributed by atoms with Crippen LogP contribution in [0.2, 0.25) is 5.02 Å². The number of halogens is 4. The molecule has 1 unspecified atom stereocenters. The van der Waals surface area contributed by atoms with Crippen molar-refractivity contribution in [3.05, 3.63) is 69.1 Å². The Labute approximate surface area is 157 Å². The van der Waals surface area contributed by atoms with Gasteiger partial charge in [-0.25, -0.2) is 0 Å². The van der Waals surface area contributed by atoms with Crippen molar-refractivity contribution in [2.45, 2.75) is 32.1 Å². The third-order valence-corrected chi connectivity index (χ3v) is 4.06. The molecule has 0 radical (unpaired) electrons. The number of benzene rings is 1. The van der Waals surface area contributed by atoms with Crippen molar-refractivity contribution in [3.63, 3.8) is 0 Å². The van der Waals surface area contributed by atoms with E-state index in [0.717, 1.165) is 5.56 Å². The molecule has 9 heteroatoms. The number of Topliss-reactive ketones (excluding diaryl/α,β-unsaturated/α-hetero) is 1. The van der Waals surface area contributed by atoms with Gasteiger partial charge in [0.15, 0.2) is 5.78 Å². The molecule has 144 valence electrons. The zero-order valence-electron chi connectivity index (χ0n) is 14.2. The summed E-state index contributed by atoms with van der Waals surface area (Å²) in [5.41, 5.74) is -1.27. The van der Waals surface area contributed by atoms with Crippen molar-refractivity contribution >= 4 is 23.3 Å². The number of aromatic nitrogens is 1. The summed E-state index contributed by atoms with van der Waals surface area (Å²) < 4.78 is 39.1. The van der Waals surface area contributed by atoms with E-state index in [4.69, 9.17) is 11.6 Å². The zero-order valence-corrected chi connectivity index (χ0v) is 15.0. The Kier molecular flexibility index (Phi) is 6.43. The summed E-state index contributed by atoms with van der Waals surface area (Å²) in [7, 11) is 0. The molecule has 0 saturated heterocycles. The monoisotopic (exact) mass is 400 g/mol. The van der Waals surface area contributed by atoms with Crippen LogP contribution in [0.3, 0.4) is 0 Å². The second kappa shape index (κ2) is 8.39. The predicted octanol–water partition coefficient (Wildman–Crippen LogP) is 2.84. The van der Waals surface area contributed by atoms with Crippen LogP contribution in [-0.4, -0.2) is 22.3 Å². The van der Waals surface area contributed by atoms with E-state index in [1.807, 2.05) is 0 Å². The second-order valence-electron chi connectivity index (χ2n) is 5.93. The summed E-state index contributed by atoms with van der Waals surface area (Å²) in [4.78, 5) is 35.9. The van der Waals surface area contributed by atoms with E-state index < -0.39 is 40.8 Å². The Hall–Kier alpha value is -2.61. The molecule has 0 saturated carbocycles. The number of hydrogen-bond donors (Lipinski definition) is 1. The van der Waals surface area contributed by atoms with Crippen LogP contribution in [0, 0.1) is 0 Å². The van der Waals surface area contributed by atoms with E-state index in [1.54, 1.807) is 30.3 Å². The number of alkyl halides is 3. The molecule has 2 rings (SSSR count). The van der Waals surface area contributed by atoms with Gasteiger partial charge in [0.2, 0.25) is 5.91 Å². The van der Waals surface area contributed by atoms with E-state index in [2.05, 4.69) is 5.32 Å². The first-order chi connectivity index (χ1) is 12.6. The van der Waals surface area contributed by atoms with Crippen molar-refractivity contribution in [2.24, 2.45) is 0 Å². The predicted molar refractivity (Wildman–Crippen MR) is 93.5 cm³/mol. The standard InChI is InChI=1S/C18H16ClF3N2O3/c1-11(25)15(7-12-5-3-2-4-6-12)23-16(26)10-24-9-13(18(20,21)22)8-14(19)17(24)27/h2-6,8-9,15H,7,10H2,1H3,(H,23,26). The van der Waals surface area contributed by atoms with Gasteiger partial charge in [-0.1, -0.05) is 41.9 Å². The average Bonchev–Trinajstić information content (AvgIpc) is 2.58. The van der Waals surface area contributed by atoms with Crippen LogP contribution in [0.15, 0.2) is 47.4 Å². The van der Waals surface area contributed by atoms with E-state index in [-0.39, 0.29) is 12.2 Å². The molecule has 1 heterocycles. The molecule has 0 bridgehead atoms. The number of hydrogen-bond acceptors (Lipinski definition) is 3.